The summed E-state index contributed by atoms with van der Waals surface area (Å²) in [7, 11) is 0. The summed E-state index contributed by atoms with van der Waals surface area (Å²) in [5, 5.41) is 0. The molecule has 0 fully saturated rings. The lowest BCUT2D eigenvalue weighted by Gasteiger charge is -2.18. The van der Waals surface area contributed by atoms with Crippen molar-refractivity contribution in [3.8, 4) is 0 Å². The van der Waals surface area contributed by atoms with Crippen LogP contribution in [0.4, 0.5) is 0 Å². The molecule has 0 amide bonds. The van der Waals surface area contributed by atoms with Crippen LogP contribution in [0.1, 0.15) is 252 Å². The zero-order valence-electron chi connectivity index (χ0n) is 39.0. The van der Waals surface area contributed by atoms with Crippen molar-refractivity contribution in [2.75, 3.05) is 13.2 Å². The predicted molar refractivity (Wildman–Crippen MR) is 252 cm³/mol. The summed E-state index contributed by atoms with van der Waals surface area (Å²) in [6.45, 7) is 6.42. The molecule has 342 valence electrons. The van der Waals surface area contributed by atoms with E-state index in [4.69, 9.17) is 14.2 Å². The van der Waals surface area contributed by atoms with E-state index in [2.05, 4.69) is 57.2 Å². The van der Waals surface area contributed by atoms with Crippen LogP contribution in [0, 0.1) is 0 Å². The fourth-order valence-corrected chi connectivity index (χ4v) is 7.09. The van der Waals surface area contributed by atoms with Gasteiger partial charge in [0.05, 0.1) is 6.42 Å². The van der Waals surface area contributed by atoms with Gasteiger partial charge in [0.1, 0.15) is 13.2 Å². The zero-order valence-corrected chi connectivity index (χ0v) is 39.0. The van der Waals surface area contributed by atoms with Crippen LogP contribution in [0.15, 0.2) is 48.6 Å². The maximum Gasteiger partial charge on any atom is 0.309 e. The summed E-state index contributed by atoms with van der Waals surface area (Å²) in [5.41, 5.74) is 0. The van der Waals surface area contributed by atoms with Crippen molar-refractivity contribution < 1.29 is 28.6 Å². The predicted octanol–water partition coefficient (Wildman–Crippen LogP) is 16.3. The molecule has 6 nitrogen and oxygen atoms in total. The Morgan fingerprint density at radius 1 is 0.373 bits per heavy atom. The molecule has 0 aliphatic rings. The molecule has 0 aromatic rings. The Morgan fingerprint density at radius 3 is 1.19 bits per heavy atom. The van der Waals surface area contributed by atoms with Gasteiger partial charge in [0.25, 0.3) is 0 Å². The molecule has 0 saturated heterocycles. The summed E-state index contributed by atoms with van der Waals surface area (Å²) in [6, 6.07) is 0. The lowest BCUT2D eigenvalue weighted by molar-refractivity contribution is -0.166. The van der Waals surface area contributed by atoms with Crippen LogP contribution in [0.3, 0.4) is 0 Å². The first kappa shape index (κ1) is 56.4. The molecule has 59 heavy (non-hydrogen) atoms. The number of hydrogen-bond donors (Lipinski definition) is 0. The standard InChI is InChI=1S/C53H94O6/c1-4-7-10-13-16-19-21-23-24-25-26-27-28-30-31-34-37-40-43-46-52(55)58-49-50(48-57-51(54)45-42-39-36-33-18-15-12-9-6-3)59-53(56)47-44-41-38-35-32-29-22-20-17-14-11-8-5-2/h9,12,18,29,32-33,39,42,50H,4-8,10-11,13-17,19-28,30-31,34-38,40-41,43-49H2,1-3H3/b12-9-,32-29-,33-18-,42-39-. The normalized spacial score (nSPS) is 12.4. The lowest BCUT2D eigenvalue weighted by Crippen LogP contribution is -2.30. The topological polar surface area (TPSA) is 78.9 Å². The Morgan fingerprint density at radius 2 is 0.729 bits per heavy atom. The first-order valence-electron chi connectivity index (χ1n) is 25.1. The van der Waals surface area contributed by atoms with Gasteiger partial charge in [0, 0.05) is 12.8 Å². The molecule has 0 aliphatic heterocycles. The number of rotatable bonds is 45. The van der Waals surface area contributed by atoms with E-state index >= 15 is 0 Å². The van der Waals surface area contributed by atoms with Crippen LogP contribution in [0.2, 0.25) is 0 Å². The minimum absolute atomic E-state index is 0.104. The van der Waals surface area contributed by atoms with Crippen LogP contribution in [-0.4, -0.2) is 37.2 Å². The molecule has 0 aromatic heterocycles. The first-order valence-corrected chi connectivity index (χ1v) is 25.1. The maximum atomic E-state index is 12.7. The minimum atomic E-state index is -0.812. The van der Waals surface area contributed by atoms with Crippen molar-refractivity contribution in [1.82, 2.24) is 0 Å². The van der Waals surface area contributed by atoms with Crippen molar-refractivity contribution >= 4 is 17.9 Å². The number of carbonyl (C=O) groups excluding carboxylic acids is 3. The van der Waals surface area contributed by atoms with E-state index in [1.807, 2.05) is 6.08 Å². The highest BCUT2D eigenvalue weighted by molar-refractivity contribution is 5.72. The van der Waals surface area contributed by atoms with Gasteiger partial charge in [-0.25, -0.2) is 0 Å². The van der Waals surface area contributed by atoms with Crippen molar-refractivity contribution in [3.63, 3.8) is 0 Å². The molecule has 0 N–H and O–H groups in total. The average molecular weight is 827 g/mol. The Labute approximate surface area is 365 Å². The van der Waals surface area contributed by atoms with Crippen LogP contribution in [0.5, 0.6) is 0 Å². The SMILES string of the molecule is CC/C=C\C/C=C\C/C=C\CC(=O)OCC(COC(=O)CCCCCCCCCCCCCCCCCCCCC)OC(=O)CCCCC/C=C\CCCCCCCC. The molecular weight excluding hydrogens is 733 g/mol. The monoisotopic (exact) mass is 827 g/mol. The molecule has 1 atom stereocenters. The molecule has 1 unspecified atom stereocenters. The van der Waals surface area contributed by atoms with Gasteiger partial charge in [0.2, 0.25) is 0 Å². The Kier molecular flexibility index (Phi) is 45.9. The van der Waals surface area contributed by atoms with Crippen molar-refractivity contribution in [2.24, 2.45) is 0 Å². The van der Waals surface area contributed by atoms with E-state index in [0.717, 1.165) is 70.6 Å². The molecule has 0 radical (unpaired) electrons. The van der Waals surface area contributed by atoms with Crippen molar-refractivity contribution in [3.05, 3.63) is 48.6 Å². The summed E-state index contributed by atoms with van der Waals surface area (Å²) < 4.78 is 16.6. The van der Waals surface area contributed by atoms with Gasteiger partial charge in [-0.3, -0.25) is 14.4 Å². The lowest BCUT2D eigenvalue weighted by atomic mass is 10.0. The quantitative estimate of drug-likeness (QED) is 0.0263. The van der Waals surface area contributed by atoms with Gasteiger partial charge >= 0.3 is 17.9 Å². The Hall–Kier alpha value is -2.63. The highest BCUT2D eigenvalue weighted by Gasteiger charge is 2.19. The second-order valence-corrected chi connectivity index (χ2v) is 16.7. The Balaban J connectivity index is 4.31. The summed E-state index contributed by atoms with van der Waals surface area (Å²) in [4.78, 5) is 37.7. The first-order chi connectivity index (χ1) is 29.0. The fraction of sp³-hybridized carbons (Fsp3) is 0.792. The largest absolute Gasteiger partial charge is 0.462 e. The van der Waals surface area contributed by atoms with E-state index in [1.54, 1.807) is 6.08 Å². The van der Waals surface area contributed by atoms with E-state index in [1.165, 1.54) is 141 Å². The van der Waals surface area contributed by atoms with Gasteiger partial charge in [-0.2, -0.15) is 0 Å². The van der Waals surface area contributed by atoms with Crippen LogP contribution in [0.25, 0.3) is 0 Å². The summed E-state index contributed by atoms with van der Waals surface area (Å²) >= 11 is 0. The van der Waals surface area contributed by atoms with Gasteiger partial charge in [-0.15, -0.1) is 0 Å². The average Bonchev–Trinajstić information content (AvgIpc) is 3.23. The van der Waals surface area contributed by atoms with E-state index in [-0.39, 0.29) is 31.6 Å². The summed E-state index contributed by atoms with van der Waals surface area (Å²) in [5.74, 6) is -1.04. The highest BCUT2D eigenvalue weighted by atomic mass is 16.6. The second-order valence-electron chi connectivity index (χ2n) is 16.7. The number of unbranched alkanes of at least 4 members (excludes halogenated alkanes) is 27. The van der Waals surface area contributed by atoms with Gasteiger partial charge in [-0.05, 0) is 57.8 Å². The molecule has 6 heteroatoms. The number of ether oxygens (including phenoxy) is 3. The maximum absolute atomic E-state index is 12.7. The third-order valence-corrected chi connectivity index (χ3v) is 10.9. The van der Waals surface area contributed by atoms with Gasteiger partial charge < -0.3 is 14.2 Å². The zero-order chi connectivity index (χ0) is 43.0. The number of allylic oxidation sites excluding steroid dienone is 7. The highest BCUT2D eigenvalue weighted by Crippen LogP contribution is 2.16. The van der Waals surface area contributed by atoms with E-state index < -0.39 is 12.1 Å². The van der Waals surface area contributed by atoms with Gasteiger partial charge in [0.15, 0.2) is 6.10 Å². The molecule has 0 aromatic carbocycles. The molecule has 0 rings (SSSR count). The third-order valence-electron chi connectivity index (χ3n) is 10.9. The summed E-state index contributed by atoms with van der Waals surface area (Å²) in [6.07, 6.45) is 57.1. The van der Waals surface area contributed by atoms with E-state index in [9.17, 15) is 14.4 Å². The number of hydrogen-bond acceptors (Lipinski definition) is 6. The van der Waals surface area contributed by atoms with Crippen LogP contribution < -0.4 is 0 Å². The van der Waals surface area contributed by atoms with Crippen molar-refractivity contribution in [2.45, 2.75) is 258 Å². The molecule has 0 bridgehead atoms. The third kappa shape index (κ3) is 46.3. The molecular formula is C53H94O6. The van der Waals surface area contributed by atoms with Crippen molar-refractivity contribution in [1.29, 1.82) is 0 Å². The van der Waals surface area contributed by atoms with E-state index in [0.29, 0.717) is 12.8 Å². The number of carbonyl (C=O) groups is 3. The molecule has 0 heterocycles. The molecule has 0 aliphatic carbocycles. The Bertz CT molecular complexity index is 1040. The second kappa shape index (κ2) is 48.0. The smallest absolute Gasteiger partial charge is 0.309 e. The fourth-order valence-electron chi connectivity index (χ4n) is 7.09. The van der Waals surface area contributed by atoms with Crippen LogP contribution in [-0.2, 0) is 28.6 Å². The van der Waals surface area contributed by atoms with Gasteiger partial charge in [-0.1, -0.05) is 223 Å². The molecule has 0 spiro atoms. The molecule has 0 saturated carbocycles. The van der Waals surface area contributed by atoms with Crippen LogP contribution >= 0.6 is 0 Å². The number of esters is 3. The minimum Gasteiger partial charge on any atom is -0.462 e.